The Bertz CT molecular complexity index is 1130. The van der Waals surface area contributed by atoms with Gasteiger partial charge in [-0.05, 0) is 30.3 Å². The van der Waals surface area contributed by atoms with Crippen LogP contribution >= 0.6 is 23.5 Å². The van der Waals surface area contributed by atoms with Gasteiger partial charge in [-0.3, -0.25) is 4.21 Å². The third-order valence-electron chi connectivity index (χ3n) is 4.88. The number of hydrogen-bond donors (Lipinski definition) is 3. The van der Waals surface area contributed by atoms with Gasteiger partial charge in [-0.15, -0.1) is 0 Å². The van der Waals surface area contributed by atoms with Crippen molar-refractivity contribution in [2.24, 2.45) is 0 Å². The second-order valence-corrected chi connectivity index (χ2v) is 9.71. The summed E-state index contributed by atoms with van der Waals surface area (Å²) >= 11 is 7.92. The summed E-state index contributed by atoms with van der Waals surface area (Å²) in [6.45, 7) is 1.47. The van der Waals surface area contributed by atoms with Crippen molar-refractivity contribution in [1.29, 1.82) is 0 Å². The number of aromatic nitrogens is 2. The Morgan fingerprint density at radius 3 is 2.56 bits per heavy atom. The Hall–Kier alpha value is -2.56. The minimum absolute atomic E-state index is 0.0481. The Morgan fingerprint density at radius 1 is 1.09 bits per heavy atom. The zero-order chi connectivity index (χ0) is 22.5. The van der Waals surface area contributed by atoms with Crippen molar-refractivity contribution in [1.82, 2.24) is 9.97 Å². The summed E-state index contributed by atoms with van der Waals surface area (Å²) < 4.78 is 29.1. The lowest BCUT2D eigenvalue weighted by atomic mass is 10.2. The van der Waals surface area contributed by atoms with E-state index in [1.54, 1.807) is 0 Å². The Morgan fingerprint density at radius 2 is 1.84 bits per heavy atom. The highest BCUT2D eigenvalue weighted by Gasteiger charge is 2.17. The highest BCUT2D eigenvalue weighted by atomic mass is 35.5. The van der Waals surface area contributed by atoms with Gasteiger partial charge in [0.2, 0.25) is 5.95 Å². The quantitative estimate of drug-likeness (QED) is 0.397. The first kappa shape index (κ1) is 22.6. The minimum atomic E-state index is -0.738. The lowest BCUT2D eigenvalue weighted by Gasteiger charge is -2.28. The molecule has 7 nitrogen and oxygen atoms in total. The first-order valence-electron chi connectivity index (χ1n) is 9.87. The lowest BCUT2D eigenvalue weighted by Crippen LogP contribution is -2.37. The molecule has 3 aromatic rings. The largest absolute Gasteiger partial charge is 0.370 e. The number of nitrogens with one attached hydrogen (secondary N) is 3. The fourth-order valence-corrected chi connectivity index (χ4v) is 4.92. The lowest BCUT2D eigenvalue weighted by molar-refractivity contribution is 0.619. The van der Waals surface area contributed by atoms with E-state index in [2.05, 4.69) is 30.2 Å². The molecule has 1 fully saturated rings. The van der Waals surface area contributed by atoms with Crippen LogP contribution in [0, 0.1) is 5.82 Å². The normalized spacial score (nSPS) is 14.3. The topological polar surface area (TPSA) is 82.2 Å². The molecule has 0 amide bonds. The van der Waals surface area contributed by atoms with Gasteiger partial charge >= 0.3 is 0 Å². The van der Waals surface area contributed by atoms with E-state index in [0.717, 1.165) is 30.7 Å². The fourth-order valence-electron chi connectivity index (χ4n) is 3.25. The monoisotopic (exact) mass is 492 g/mol. The summed E-state index contributed by atoms with van der Waals surface area (Å²) in [5, 5.41) is 6.56. The van der Waals surface area contributed by atoms with E-state index in [1.165, 1.54) is 11.9 Å². The standard InChI is InChI=1S/C21H22ClFN6OS2/c1-31-28-19-5-3-2-4-18(19)25-20-16(23)13-24-21(27-20)26-17-7-6-14(12-15(17)22)29-8-10-32(30)11-9-29/h2-7,12-13,28H,8-11H2,1H3,(H2,24,25,26,27). The van der Waals surface area contributed by atoms with Crippen LogP contribution < -0.4 is 20.3 Å². The zero-order valence-electron chi connectivity index (χ0n) is 17.3. The molecular weight excluding hydrogens is 471 g/mol. The fraction of sp³-hybridized carbons (Fsp3) is 0.238. The van der Waals surface area contributed by atoms with Crippen LogP contribution in [-0.4, -0.2) is 45.0 Å². The van der Waals surface area contributed by atoms with Crippen molar-refractivity contribution in [3.8, 4) is 0 Å². The summed E-state index contributed by atoms with van der Waals surface area (Å²) in [7, 11) is -0.738. The van der Waals surface area contributed by atoms with Crippen LogP contribution in [0.25, 0.3) is 0 Å². The second-order valence-electron chi connectivity index (χ2n) is 6.99. The van der Waals surface area contributed by atoms with Gasteiger partial charge in [0.05, 0.1) is 28.3 Å². The molecule has 0 unspecified atom stereocenters. The first-order valence-corrected chi connectivity index (χ1v) is 13.0. The van der Waals surface area contributed by atoms with E-state index in [0.29, 0.717) is 27.9 Å². The maximum atomic E-state index is 14.4. The molecule has 1 saturated heterocycles. The van der Waals surface area contributed by atoms with Gasteiger partial charge in [-0.2, -0.15) is 4.98 Å². The van der Waals surface area contributed by atoms with Gasteiger partial charge in [0.1, 0.15) is 0 Å². The van der Waals surface area contributed by atoms with Crippen molar-refractivity contribution in [3.05, 3.63) is 59.5 Å². The van der Waals surface area contributed by atoms with Crippen LogP contribution in [0.3, 0.4) is 0 Å². The molecule has 4 rings (SSSR count). The molecule has 3 N–H and O–H groups in total. The smallest absolute Gasteiger partial charge is 0.229 e. The van der Waals surface area contributed by atoms with Crippen molar-refractivity contribution in [2.45, 2.75) is 0 Å². The van der Waals surface area contributed by atoms with Crippen molar-refractivity contribution in [2.75, 3.05) is 51.1 Å². The van der Waals surface area contributed by atoms with Crippen molar-refractivity contribution >= 4 is 68.9 Å². The first-order chi connectivity index (χ1) is 15.5. The van der Waals surface area contributed by atoms with Crippen LogP contribution in [-0.2, 0) is 10.8 Å². The number of halogens is 2. The number of hydrogen-bond acceptors (Lipinski definition) is 8. The molecule has 0 saturated carbocycles. The number of benzene rings is 2. The van der Waals surface area contributed by atoms with E-state index in [1.807, 2.05) is 48.7 Å². The molecule has 32 heavy (non-hydrogen) atoms. The van der Waals surface area contributed by atoms with Gasteiger partial charge in [-0.25, -0.2) is 9.37 Å². The van der Waals surface area contributed by atoms with E-state index in [4.69, 9.17) is 11.6 Å². The molecule has 0 atom stereocenters. The molecule has 168 valence electrons. The summed E-state index contributed by atoms with van der Waals surface area (Å²) in [6, 6.07) is 13.1. The summed E-state index contributed by atoms with van der Waals surface area (Å²) in [6.07, 6.45) is 3.02. The maximum Gasteiger partial charge on any atom is 0.229 e. The molecule has 0 bridgehead atoms. The van der Waals surface area contributed by atoms with Crippen LogP contribution in [0.4, 0.5) is 38.9 Å². The number of para-hydroxylation sites is 2. The molecule has 1 aliphatic rings. The van der Waals surface area contributed by atoms with Gasteiger partial charge in [0, 0.05) is 47.3 Å². The predicted octanol–water partition coefficient (Wildman–Crippen LogP) is 5.01. The van der Waals surface area contributed by atoms with E-state index >= 15 is 0 Å². The van der Waals surface area contributed by atoms with Crippen LogP contribution in [0.1, 0.15) is 0 Å². The summed E-state index contributed by atoms with van der Waals surface area (Å²) in [5.74, 6) is 1.01. The van der Waals surface area contributed by atoms with Gasteiger partial charge in [0.15, 0.2) is 11.6 Å². The summed E-state index contributed by atoms with van der Waals surface area (Å²) in [5.41, 5.74) is 3.08. The average molecular weight is 493 g/mol. The maximum absolute atomic E-state index is 14.4. The Balaban J connectivity index is 1.51. The summed E-state index contributed by atoms with van der Waals surface area (Å²) in [4.78, 5) is 10.5. The van der Waals surface area contributed by atoms with Crippen LogP contribution in [0.2, 0.25) is 5.02 Å². The molecule has 1 aromatic heterocycles. The molecule has 2 aromatic carbocycles. The van der Waals surface area contributed by atoms with Crippen molar-refractivity contribution < 1.29 is 8.60 Å². The zero-order valence-corrected chi connectivity index (χ0v) is 19.7. The minimum Gasteiger partial charge on any atom is -0.370 e. The molecule has 2 heterocycles. The van der Waals surface area contributed by atoms with E-state index in [9.17, 15) is 8.60 Å². The molecule has 0 radical (unpaired) electrons. The van der Waals surface area contributed by atoms with Crippen LogP contribution in [0.15, 0.2) is 48.7 Å². The molecule has 0 spiro atoms. The third kappa shape index (κ3) is 5.43. The number of rotatable bonds is 7. The number of anilines is 6. The van der Waals surface area contributed by atoms with Crippen molar-refractivity contribution in [3.63, 3.8) is 0 Å². The molecular formula is C21H22ClFN6OS2. The molecule has 0 aliphatic carbocycles. The third-order valence-corrected chi connectivity index (χ3v) is 6.89. The Kier molecular flexibility index (Phi) is 7.33. The van der Waals surface area contributed by atoms with E-state index < -0.39 is 16.6 Å². The van der Waals surface area contributed by atoms with Gasteiger partial charge in [-0.1, -0.05) is 35.7 Å². The second kappa shape index (κ2) is 10.4. The van der Waals surface area contributed by atoms with E-state index in [-0.39, 0.29) is 11.8 Å². The highest BCUT2D eigenvalue weighted by Crippen LogP contribution is 2.31. The molecule has 1 aliphatic heterocycles. The van der Waals surface area contributed by atoms with Crippen LogP contribution in [0.5, 0.6) is 0 Å². The predicted molar refractivity (Wildman–Crippen MR) is 134 cm³/mol. The Labute approximate surface area is 197 Å². The average Bonchev–Trinajstić information content (AvgIpc) is 2.79. The molecule has 11 heteroatoms. The highest BCUT2D eigenvalue weighted by molar-refractivity contribution is 7.99. The van der Waals surface area contributed by atoms with Gasteiger partial charge in [0.25, 0.3) is 0 Å². The SMILES string of the molecule is CSNc1ccccc1Nc1nc(Nc2ccc(N3CCS(=O)CC3)cc2Cl)ncc1F. The van der Waals surface area contributed by atoms with Gasteiger partial charge < -0.3 is 20.3 Å². The number of nitrogens with zero attached hydrogens (tertiary/aromatic N) is 3.